The Balaban J connectivity index is 2.14. The SMILES string of the molecule is COC(c1ccccc1)c1nc2nc(N)[nH]c(=O)c2[nH]1. The van der Waals surface area contributed by atoms with Crippen molar-refractivity contribution in [1.82, 2.24) is 19.9 Å². The lowest BCUT2D eigenvalue weighted by atomic mass is 10.1. The van der Waals surface area contributed by atoms with E-state index in [1.807, 2.05) is 30.3 Å². The fourth-order valence-corrected chi connectivity index (χ4v) is 2.10. The molecule has 4 N–H and O–H groups in total. The lowest BCUT2D eigenvalue weighted by molar-refractivity contribution is 0.130. The Labute approximate surface area is 113 Å². The van der Waals surface area contributed by atoms with E-state index in [2.05, 4.69) is 19.9 Å². The van der Waals surface area contributed by atoms with Gasteiger partial charge in [0.25, 0.3) is 5.56 Å². The van der Waals surface area contributed by atoms with E-state index in [0.717, 1.165) is 5.56 Å². The maximum absolute atomic E-state index is 11.8. The number of rotatable bonds is 3. The molecule has 0 spiro atoms. The first-order valence-corrected chi connectivity index (χ1v) is 6.02. The maximum atomic E-state index is 11.8. The summed E-state index contributed by atoms with van der Waals surface area (Å²) >= 11 is 0. The van der Waals surface area contributed by atoms with E-state index in [1.54, 1.807) is 7.11 Å². The fraction of sp³-hybridized carbons (Fsp3) is 0.154. The van der Waals surface area contributed by atoms with E-state index in [-0.39, 0.29) is 22.7 Å². The van der Waals surface area contributed by atoms with Crippen LogP contribution in [0.2, 0.25) is 0 Å². The standard InChI is InChI=1S/C13H13N5O2/c1-20-9(7-5-3-2-4-6-7)11-15-8-10(16-11)17-13(14)18-12(8)19/h2-6,9H,1H3,(H4,14,15,16,17,18,19). The number of nitrogens with zero attached hydrogens (tertiary/aromatic N) is 2. The highest BCUT2D eigenvalue weighted by Gasteiger charge is 2.19. The highest BCUT2D eigenvalue weighted by molar-refractivity contribution is 5.70. The largest absolute Gasteiger partial charge is 0.369 e. The fourth-order valence-electron chi connectivity index (χ4n) is 2.10. The van der Waals surface area contributed by atoms with E-state index >= 15 is 0 Å². The van der Waals surface area contributed by atoms with E-state index in [1.165, 1.54) is 0 Å². The molecule has 0 saturated heterocycles. The van der Waals surface area contributed by atoms with Crippen molar-refractivity contribution < 1.29 is 4.74 Å². The molecule has 1 aromatic carbocycles. The van der Waals surface area contributed by atoms with E-state index < -0.39 is 6.10 Å². The highest BCUT2D eigenvalue weighted by Crippen LogP contribution is 2.23. The summed E-state index contributed by atoms with van der Waals surface area (Å²) in [6, 6.07) is 9.59. The molecule has 3 aromatic rings. The number of anilines is 1. The van der Waals surface area contributed by atoms with Gasteiger partial charge in [-0.1, -0.05) is 30.3 Å². The second-order valence-corrected chi connectivity index (χ2v) is 4.30. The normalized spacial score (nSPS) is 12.7. The third-order valence-electron chi connectivity index (χ3n) is 2.98. The first-order chi connectivity index (χ1) is 9.69. The first-order valence-electron chi connectivity index (χ1n) is 6.02. The number of nitrogens with one attached hydrogen (secondary N) is 2. The second kappa shape index (κ2) is 4.78. The predicted octanol–water partition coefficient (Wildman–Crippen LogP) is 0.964. The van der Waals surface area contributed by atoms with Crippen LogP contribution in [0.3, 0.4) is 0 Å². The number of methoxy groups -OCH3 is 1. The third-order valence-corrected chi connectivity index (χ3v) is 2.98. The van der Waals surface area contributed by atoms with Crippen LogP contribution in [0.25, 0.3) is 11.2 Å². The monoisotopic (exact) mass is 271 g/mol. The Bertz CT molecular complexity index is 793. The number of fused-ring (bicyclic) bond motifs is 1. The molecule has 3 rings (SSSR count). The number of hydrogen-bond donors (Lipinski definition) is 3. The minimum absolute atomic E-state index is 0.0363. The smallest absolute Gasteiger partial charge is 0.278 e. The van der Waals surface area contributed by atoms with Crippen molar-refractivity contribution in [3.63, 3.8) is 0 Å². The number of aromatic amines is 2. The van der Waals surface area contributed by atoms with Gasteiger partial charge in [0.2, 0.25) is 5.95 Å². The topological polar surface area (TPSA) is 110 Å². The molecule has 0 saturated carbocycles. The van der Waals surface area contributed by atoms with Crippen molar-refractivity contribution in [3.05, 3.63) is 52.1 Å². The summed E-state index contributed by atoms with van der Waals surface area (Å²) in [5, 5.41) is 0. The molecule has 0 bridgehead atoms. The van der Waals surface area contributed by atoms with Crippen LogP contribution < -0.4 is 11.3 Å². The summed E-state index contributed by atoms with van der Waals surface area (Å²) in [5.41, 5.74) is 6.64. The molecule has 20 heavy (non-hydrogen) atoms. The van der Waals surface area contributed by atoms with Crippen LogP contribution in [0.4, 0.5) is 5.95 Å². The van der Waals surface area contributed by atoms with Gasteiger partial charge in [0.15, 0.2) is 11.2 Å². The molecule has 0 radical (unpaired) electrons. The lowest BCUT2D eigenvalue weighted by Crippen LogP contribution is -2.11. The van der Waals surface area contributed by atoms with Crippen molar-refractivity contribution in [2.24, 2.45) is 0 Å². The molecule has 0 fully saturated rings. The second-order valence-electron chi connectivity index (χ2n) is 4.30. The zero-order valence-corrected chi connectivity index (χ0v) is 10.8. The molecule has 1 atom stereocenters. The molecule has 0 amide bonds. The number of ether oxygens (including phenoxy) is 1. The van der Waals surface area contributed by atoms with Crippen molar-refractivity contribution in [2.75, 3.05) is 12.8 Å². The Morgan fingerprint density at radius 3 is 2.65 bits per heavy atom. The van der Waals surface area contributed by atoms with Crippen LogP contribution in [-0.2, 0) is 4.74 Å². The maximum Gasteiger partial charge on any atom is 0.278 e. The summed E-state index contributed by atoms with van der Waals surface area (Å²) in [6.45, 7) is 0. The van der Waals surface area contributed by atoms with Crippen LogP contribution in [0.5, 0.6) is 0 Å². The molecule has 2 heterocycles. The molecule has 2 aromatic heterocycles. The van der Waals surface area contributed by atoms with Gasteiger partial charge in [0, 0.05) is 7.11 Å². The molecule has 1 unspecified atom stereocenters. The summed E-state index contributed by atoms with van der Waals surface area (Å²) in [7, 11) is 1.58. The number of H-pyrrole nitrogens is 2. The summed E-state index contributed by atoms with van der Waals surface area (Å²) < 4.78 is 5.46. The van der Waals surface area contributed by atoms with Crippen molar-refractivity contribution in [2.45, 2.75) is 6.10 Å². The van der Waals surface area contributed by atoms with Crippen LogP contribution in [0, 0.1) is 0 Å². The number of benzene rings is 1. The average molecular weight is 271 g/mol. The van der Waals surface area contributed by atoms with Gasteiger partial charge in [-0.3, -0.25) is 9.78 Å². The van der Waals surface area contributed by atoms with Gasteiger partial charge in [-0.2, -0.15) is 4.98 Å². The van der Waals surface area contributed by atoms with E-state index in [4.69, 9.17) is 10.5 Å². The van der Waals surface area contributed by atoms with E-state index in [0.29, 0.717) is 5.82 Å². The number of nitrogen functional groups attached to an aromatic ring is 1. The number of hydrogen-bond acceptors (Lipinski definition) is 5. The molecule has 0 aliphatic heterocycles. The summed E-state index contributed by atoms with van der Waals surface area (Å²) in [6.07, 6.45) is -0.397. The van der Waals surface area contributed by atoms with Gasteiger partial charge in [-0.05, 0) is 5.56 Å². The Morgan fingerprint density at radius 1 is 1.20 bits per heavy atom. The Kier molecular flexibility index (Phi) is 2.96. The molecule has 7 heteroatoms. The van der Waals surface area contributed by atoms with Crippen LogP contribution >= 0.6 is 0 Å². The number of imidazole rings is 1. The van der Waals surface area contributed by atoms with Crippen LogP contribution in [-0.4, -0.2) is 27.0 Å². The Morgan fingerprint density at radius 2 is 1.95 bits per heavy atom. The average Bonchev–Trinajstić information content (AvgIpc) is 2.84. The lowest BCUT2D eigenvalue weighted by Gasteiger charge is -2.12. The number of nitrogens with two attached hydrogens (primary N) is 1. The van der Waals surface area contributed by atoms with E-state index in [9.17, 15) is 4.79 Å². The Hall–Kier alpha value is -2.67. The molecule has 0 aliphatic carbocycles. The minimum Gasteiger partial charge on any atom is -0.369 e. The first kappa shape index (κ1) is 12.4. The van der Waals surface area contributed by atoms with Crippen molar-refractivity contribution in [3.8, 4) is 0 Å². The molecule has 102 valence electrons. The van der Waals surface area contributed by atoms with Crippen molar-refractivity contribution >= 4 is 17.1 Å². The highest BCUT2D eigenvalue weighted by atomic mass is 16.5. The number of aromatic nitrogens is 4. The quantitative estimate of drug-likeness (QED) is 0.657. The third kappa shape index (κ3) is 2.04. The molecular formula is C13H13N5O2. The zero-order chi connectivity index (χ0) is 14.1. The summed E-state index contributed by atoms with van der Waals surface area (Å²) in [5.74, 6) is 0.548. The van der Waals surface area contributed by atoms with Crippen LogP contribution in [0.15, 0.2) is 35.1 Å². The summed E-state index contributed by atoms with van der Waals surface area (Å²) in [4.78, 5) is 25.4. The molecule has 0 aliphatic rings. The molecular weight excluding hydrogens is 258 g/mol. The van der Waals surface area contributed by atoms with Crippen molar-refractivity contribution in [1.29, 1.82) is 0 Å². The van der Waals surface area contributed by atoms with Gasteiger partial charge in [0.05, 0.1) is 0 Å². The zero-order valence-electron chi connectivity index (χ0n) is 10.8. The predicted molar refractivity (Wildman–Crippen MR) is 74.2 cm³/mol. The van der Waals surface area contributed by atoms with Gasteiger partial charge < -0.3 is 15.5 Å². The van der Waals surface area contributed by atoms with Gasteiger partial charge in [-0.15, -0.1) is 0 Å². The van der Waals surface area contributed by atoms with Crippen LogP contribution in [0.1, 0.15) is 17.5 Å². The minimum atomic E-state index is -0.397. The molecule has 7 nitrogen and oxygen atoms in total. The van der Waals surface area contributed by atoms with Gasteiger partial charge in [0.1, 0.15) is 11.9 Å². The van der Waals surface area contributed by atoms with Gasteiger partial charge >= 0.3 is 0 Å². The van der Waals surface area contributed by atoms with Gasteiger partial charge in [-0.25, -0.2) is 4.98 Å².